The lowest BCUT2D eigenvalue weighted by Gasteiger charge is -2.13. The molecule has 0 aliphatic rings. The third kappa shape index (κ3) is 4.57. The van der Waals surface area contributed by atoms with Crippen LogP contribution >= 0.6 is 23.4 Å². The number of carbonyl (C=O) groups excluding carboxylic acids is 1. The van der Waals surface area contributed by atoms with Gasteiger partial charge in [-0.3, -0.25) is 0 Å². The number of urea groups is 1. The van der Waals surface area contributed by atoms with Crippen molar-refractivity contribution in [2.75, 3.05) is 23.9 Å². The van der Waals surface area contributed by atoms with E-state index in [0.717, 1.165) is 6.20 Å². The third-order valence-corrected chi connectivity index (χ3v) is 3.81. The standard InChI is InChI=1S/C14H14ClF3N4OS/c1-24-7-6-19-13(23)21-11-8-20-22(12(11)14(16,17)18)10-4-2-9(15)3-5-10/h2-5,8H,6-7H2,1H3,(H2,19,21,23). The first-order chi connectivity index (χ1) is 11.3. The monoisotopic (exact) mass is 378 g/mol. The molecule has 130 valence electrons. The van der Waals surface area contributed by atoms with E-state index in [4.69, 9.17) is 11.6 Å². The van der Waals surface area contributed by atoms with Gasteiger partial charge in [0.15, 0.2) is 5.69 Å². The minimum atomic E-state index is -4.70. The number of aromatic nitrogens is 2. The van der Waals surface area contributed by atoms with Gasteiger partial charge in [-0.25, -0.2) is 9.48 Å². The fraction of sp³-hybridized carbons (Fsp3) is 0.286. The van der Waals surface area contributed by atoms with Gasteiger partial charge < -0.3 is 10.6 Å². The van der Waals surface area contributed by atoms with Gasteiger partial charge >= 0.3 is 12.2 Å². The molecule has 0 fully saturated rings. The summed E-state index contributed by atoms with van der Waals surface area (Å²) < 4.78 is 40.9. The Balaban J connectivity index is 2.29. The van der Waals surface area contributed by atoms with Crippen LogP contribution in [-0.2, 0) is 6.18 Å². The first-order valence-corrected chi connectivity index (χ1v) is 8.55. The second-order valence-corrected chi connectivity index (χ2v) is 6.09. The van der Waals surface area contributed by atoms with Crippen LogP contribution in [0, 0.1) is 0 Å². The van der Waals surface area contributed by atoms with Crippen molar-refractivity contribution >= 4 is 35.1 Å². The number of thioether (sulfide) groups is 1. The average molecular weight is 379 g/mol. The summed E-state index contributed by atoms with van der Waals surface area (Å²) in [5.41, 5.74) is -1.30. The second kappa shape index (κ2) is 7.80. The van der Waals surface area contributed by atoms with E-state index in [0.29, 0.717) is 22.0 Å². The molecule has 0 atom stereocenters. The predicted molar refractivity (Wildman–Crippen MR) is 89.0 cm³/mol. The van der Waals surface area contributed by atoms with Crippen LogP contribution in [-0.4, -0.2) is 34.4 Å². The minimum absolute atomic E-state index is 0.183. The Labute approximate surface area is 145 Å². The number of alkyl halides is 3. The molecular formula is C14H14ClF3N4OS. The maximum atomic E-state index is 13.4. The zero-order valence-electron chi connectivity index (χ0n) is 12.5. The van der Waals surface area contributed by atoms with Crippen molar-refractivity contribution in [2.45, 2.75) is 6.18 Å². The second-order valence-electron chi connectivity index (χ2n) is 4.67. The van der Waals surface area contributed by atoms with E-state index in [9.17, 15) is 18.0 Å². The van der Waals surface area contributed by atoms with Crippen molar-refractivity contribution in [3.8, 4) is 5.69 Å². The van der Waals surface area contributed by atoms with E-state index in [-0.39, 0.29) is 5.69 Å². The van der Waals surface area contributed by atoms with E-state index in [1.54, 1.807) is 0 Å². The van der Waals surface area contributed by atoms with Gasteiger partial charge in [-0.2, -0.15) is 30.0 Å². The first-order valence-electron chi connectivity index (χ1n) is 6.78. The van der Waals surface area contributed by atoms with Gasteiger partial charge in [0.1, 0.15) is 0 Å². The van der Waals surface area contributed by atoms with Crippen molar-refractivity contribution in [2.24, 2.45) is 0 Å². The van der Waals surface area contributed by atoms with Crippen molar-refractivity contribution in [3.05, 3.63) is 41.2 Å². The molecule has 1 heterocycles. The number of amides is 2. The summed E-state index contributed by atoms with van der Waals surface area (Å²) in [5.74, 6) is 0.656. The summed E-state index contributed by atoms with van der Waals surface area (Å²) >= 11 is 7.25. The topological polar surface area (TPSA) is 59.0 Å². The normalized spacial score (nSPS) is 11.4. The fourth-order valence-electron chi connectivity index (χ4n) is 1.92. The maximum absolute atomic E-state index is 13.4. The number of benzene rings is 1. The molecule has 2 N–H and O–H groups in total. The quantitative estimate of drug-likeness (QED) is 0.772. The molecule has 0 aliphatic carbocycles. The molecule has 24 heavy (non-hydrogen) atoms. The number of hydrogen-bond acceptors (Lipinski definition) is 3. The summed E-state index contributed by atoms with van der Waals surface area (Å²) in [6, 6.07) is 5.02. The molecule has 0 spiro atoms. The Morgan fingerprint density at radius 3 is 2.58 bits per heavy atom. The van der Waals surface area contributed by atoms with Crippen LogP contribution < -0.4 is 10.6 Å². The van der Waals surface area contributed by atoms with Crippen LogP contribution in [0.5, 0.6) is 0 Å². The molecule has 2 aromatic rings. The number of nitrogens with zero attached hydrogens (tertiary/aromatic N) is 2. The highest BCUT2D eigenvalue weighted by Gasteiger charge is 2.39. The molecule has 2 rings (SSSR count). The van der Waals surface area contributed by atoms with Gasteiger partial charge in [0, 0.05) is 17.3 Å². The van der Waals surface area contributed by atoms with Gasteiger partial charge in [0.05, 0.1) is 17.6 Å². The summed E-state index contributed by atoms with van der Waals surface area (Å²) in [6.45, 7) is 0.347. The lowest BCUT2D eigenvalue weighted by molar-refractivity contribution is -0.142. The molecule has 0 saturated carbocycles. The molecule has 0 aliphatic heterocycles. The zero-order chi connectivity index (χ0) is 17.7. The van der Waals surface area contributed by atoms with Gasteiger partial charge in [-0.1, -0.05) is 11.6 Å². The molecule has 5 nitrogen and oxygen atoms in total. The molecule has 2 amide bonds. The molecule has 0 bridgehead atoms. The Morgan fingerprint density at radius 1 is 1.33 bits per heavy atom. The highest BCUT2D eigenvalue weighted by molar-refractivity contribution is 7.98. The Kier molecular flexibility index (Phi) is 6.00. The van der Waals surface area contributed by atoms with E-state index in [2.05, 4.69) is 15.7 Å². The summed E-state index contributed by atoms with van der Waals surface area (Å²) in [6.07, 6.45) is -1.87. The molecule has 1 aromatic carbocycles. The number of halogens is 4. The SMILES string of the molecule is CSCCNC(=O)Nc1cnn(-c2ccc(Cl)cc2)c1C(F)(F)F. The Bertz CT molecular complexity index is 703. The van der Waals surface area contributed by atoms with E-state index in [1.165, 1.54) is 36.0 Å². The van der Waals surface area contributed by atoms with Crippen LogP contribution in [0.25, 0.3) is 5.69 Å². The predicted octanol–water partition coefficient (Wildman–Crippen LogP) is 4.03. The van der Waals surface area contributed by atoms with E-state index < -0.39 is 23.6 Å². The van der Waals surface area contributed by atoms with E-state index >= 15 is 0 Å². The van der Waals surface area contributed by atoms with Gasteiger partial charge in [-0.05, 0) is 30.5 Å². The van der Waals surface area contributed by atoms with Crippen LogP contribution in [0.4, 0.5) is 23.7 Å². The zero-order valence-corrected chi connectivity index (χ0v) is 14.1. The minimum Gasteiger partial charge on any atom is -0.337 e. The maximum Gasteiger partial charge on any atom is 0.435 e. The van der Waals surface area contributed by atoms with Crippen molar-refractivity contribution in [1.82, 2.24) is 15.1 Å². The smallest absolute Gasteiger partial charge is 0.337 e. The number of rotatable bonds is 5. The van der Waals surface area contributed by atoms with Gasteiger partial charge in [-0.15, -0.1) is 0 Å². The number of nitrogens with one attached hydrogen (secondary N) is 2. The number of anilines is 1. The molecule has 10 heteroatoms. The molecule has 0 unspecified atom stereocenters. The largest absolute Gasteiger partial charge is 0.435 e. The highest BCUT2D eigenvalue weighted by Crippen LogP contribution is 2.36. The van der Waals surface area contributed by atoms with Crippen LogP contribution in [0.3, 0.4) is 0 Å². The van der Waals surface area contributed by atoms with E-state index in [1.807, 2.05) is 6.26 Å². The van der Waals surface area contributed by atoms with Crippen molar-refractivity contribution in [3.63, 3.8) is 0 Å². The van der Waals surface area contributed by atoms with Crippen molar-refractivity contribution < 1.29 is 18.0 Å². The third-order valence-electron chi connectivity index (χ3n) is 2.95. The Morgan fingerprint density at radius 2 is 2.00 bits per heavy atom. The summed E-state index contributed by atoms with van der Waals surface area (Å²) in [4.78, 5) is 11.7. The summed E-state index contributed by atoms with van der Waals surface area (Å²) in [7, 11) is 0. The van der Waals surface area contributed by atoms with Crippen molar-refractivity contribution in [1.29, 1.82) is 0 Å². The van der Waals surface area contributed by atoms with Crippen LogP contribution in [0.2, 0.25) is 5.02 Å². The number of carbonyl (C=O) groups is 1. The molecular weight excluding hydrogens is 365 g/mol. The first kappa shape index (κ1) is 18.5. The van der Waals surface area contributed by atoms with Crippen LogP contribution in [0.1, 0.15) is 5.69 Å². The van der Waals surface area contributed by atoms with Gasteiger partial charge in [0.25, 0.3) is 0 Å². The fourth-order valence-corrected chi connectivity index (χ4v) is 2.36. The highest BCUT2D eigenvalue weighted by atomic mass is 35.5. The molecule has 1 aromatic heterocycles. The van der Waals surface area contributed by atoms with Crippen LogP contribution in [0.15, 0.2) is 30.5 Å². The van der Waals surface area contributed by atoms with Gasteiger partial charge in [0.2, 0.25) is 0 Å². The summed E-state index contributed by atoms with van der Waals surface area (Å²) in [5, 5.41) is 8.80. The lowest BCUT2D eigenvalue weighted by Crippen LogP contribution is -2.31. The molecule has 0 saturated heterocycles. The number of hydrogen-bond donors (Lipinski definition) is 2. The average Bonchev–Trinajstić information content (AvgIpc) is 2.92. The lowest BCUT2D eigenvalue weighted by atomic mass is 10.3. The Hall–Kier alpha value is -1.87. The molecule has 0 radical (unpaired) electrons.